The van der Waals surface area contributed by atoms with Crippen molar-refractivity contribution in [1.82, 2.24) is 14.9 Å². The summed E-state index contributed by atoms with van der Waals surface area (Å²) in [4.78, 5) is 13.8. The third-order valence-electron chi connectivity index (χ3n) is 2.88. The summed E-state index contributed by atoms with van der Waals surface area (Å²) >= 11 is 0. The molecule has 1 saturated heterocycles. The van der Waals surface area contributed by atoms with Crippen molar-refractivity contribution in [2.24, 2.45) is 0 Å². The lowest BCUT2D eigenvalue weighted by Crippen LogP contribution is -2.57. The van der Waals surface area contributed by atoms with Crippen molar-refractivity contribution < 1.29 is 13.2 Å². The highest BCUT2D eigenvalue weighted by Gasteiger charge is 2.36. The Morgan fingerprint density at radius 3 is 2.47 bits per heavy atom. The number of nitrogens with zero attached hydrogens (tertiary/aromatic N) is 1. The van der Waals surface area contributed by atoms with Crippen molar-refractivity contribution in [2.45, 2.75) is 31.8 Å². The zero-order chi connectivity index (χ0) is 13.3. The first kappa shape index (κ1) is 14.4. The topological polar surface area (TPSA) is 78.5 Å². The second-order valence-electron chi connectivity index (χ2n) is 5.06. The van der Waals surface area contributed by atoms with Gasteiger partial charge in [-0.3, -0.25) is 4.79 Å². The Bertz CT molecular complexity index is 386. The summed E-state index contributed by atoms with van der Waals surface area (Å²) in [5.74, 6) is -0.211. The van der Waals surface area contributed by atoms with E-state index in [1.807, 2.05) is 0 Å². The van der Waals surface area contributed by atoms with Crippen LogP contribution >= 0.6 is 0 Å². The molecule has 1 fully saturated rings. The molecular formula is C10H21N3O3S. The van der Waals surface area contributed by atoms with Crippen molar-refractivity contribution in [3.8, 4) is 0 Å². The highest BCUT2D eigenvalue weighted by molar-refractivity contribution is 7.88. The zero-order valence-electron chi connectivity index (χ0n) is 10.8. The van der Waals surface area contributed by atoms with Crippen LogP contribution in [0.3, 0.4) is 0 Å². The average molecular weight is 263 g/mol. The number of rotatable bonds is 4. The van der Waals surface area contributed by atoms with Crippen molar-refractivity contribution >= 4 is 15.9 Å². The number of carbonyl (C=O) groups excluding carboxylic acids is 1. The molecule has 2 N–H and O–H groups in total. The molecule has 0 aromatic heterocycles. The second kappa shape index (κ2) is 4.91. The Morgan fingerprint density at radius 2 is 2.06 bits per heavy atom. The molecule has 0 aromatic rings. The van der Waals surface area contributed by atoms with Crippen molar-refractivity contribution in [2.75, 3.05) is 26.4 Å². The highest BCUT2D eigenvalue weighted by Crippen LogP contribution is 2.14. The molecule has 6 nitrogen and oxygen atoms in total. The maximum atomic E-state index is 12.2. The predicted octanol–water partition coefficient (Wildman–Crippen LogP) is -0.865. The fourth-order valence-electron chi connectivity index (χ4n) is 2.08. The van der Waals surface area contributed by atoms with E-state index in [9.17, 15) is 13.2 Å². The maximum Gasteiger partial charge on any atom is 0.243 e. The van der Waals surface area contributed by atoms with Crippen LogP contribution in [0.5, 0.6) is 0 Å². The monoisotopic (exact) mass is 263 g/mol. The minimum absolute atomic E-state index is 0.142. The van der Waals surface area contributed by atoms with E-state index in [1.165, 1.54) is 0 Å². The minimum atomic E-state index is -3.40. The Kier molecular flexibility index (Phi) is 4.16. The van der Waals surface area contributed by atoms with E-state index in [0.717, 1.165) is 25.8 Å². The van der Waals surface area contributed by atoms with Gasteiger partial charge in [0.2, 0.25) is 15.9 Å². The predicted molar refractivity (Wildman–Crippen MR) is 66.1 cm³/mol. The summed E-state index contributed by atoms with van der Waals surface area (Å²) in [7, 11) is -1.68. The van der Waals surface area contributed by atoms with Crippen molar-refractivity contribution in [1.29, 1.82) is 0 Å². The molecule has 1 unspecified atom stereocenters. The normalized spacial score (nSPS) is 21.5. The van der Waals surface area contributed by atoms with E-state index in [4.69, 9.17) is 0 Å². The first-order valence-electron chi connectivity index (χ1n) is 5.60. The summed E-state index contributed by atoms with van der Waals surface area (Å²) in [6.45, 7) is 4.81. The first-order valence-corrected chi connectivity index (χ1v) is 7.49. The van der Waals surface area contributed by atoms with Crippen LogP contribution in [0.15, 0.2) is 0 Å². The summed E-state index contributed by atoms with van der Waals surface area (Å²) < 4.78 is 24.8. The van der Waals surface area contributed by atoms with Gasteiger partial charge in [-0.2, -0.15) is 0 Å². The van der Waals surface area contributed by atoms with Gasteiger partial charge in [0.1, 0.15) is 5.54 Å². The Hall–Kier alpha value is -0.660. The van der Waals surface area contributed by atoms with Crippen LogP contribution in [0.2, 0.25) is 0 Å². The van der Waals surface area contributed by atoms with E-state index >= 15 is 0 Å². The zero-order valence-corrected chi connectivity index (χ0v) is 11.6. The first-order chi connectivity index (χ1) is 7.63. The smallest absolute Gasteiger partial charge is 0.243 e. The lowest BCUT2D eigenvalue weighted by atomic mass is 10.0. The SMILES string of the molecule is CN(C(=O)C(C)(C)NS(C)(=O)=O)C1CCNC1. The van der Waals surface area contributed by atoms with Crippen molar-refractivity contribution in [3.63, 3.8) is 0 Å². The number of hydrogen-bond acceptors (Lipinski definition) is 4. The fraction of sp³-hybridized carbons (Fsp3) is 0.900. The minimum Gasteiger partial charge on any atom is -0.340 e. The van der Waals surface area contributed by atoms with Gasteiger partial charge in [0.15, 0.2) is 0 Å². The molecule has 0 spiro atoms. The van der Waals surface area contributed by atoms with Crippen molar-refractivity contribution in [3.05, 3.63) is 0 Å². The largest absolute Gasteiger partial charge is 0.340 e. The molecule has 0 bridgehead atoms. The summed E-state index contributed by atoms with van der Waals surface area (Å²) in [6.07, 6.45) is 1.95. The van der Waals surface area contributed by atoms with E-state index in [-0.39, 0.29) is 11.9 Å². The van der Waals surface area contributed by atoms with Gasteiger partial charge in [0.25, 0.3) is 0 Å². The molecule has 1 rings (SSSR count). The van der Waals surface area contributed by atoms with Gasteiger partial charge < -0.3 is 10.2 Å². The van der Waals surface area contributed by atoms with Crippen LogP contribution in [-0.4, -0.2) is 57.2 Å². The molecule has 0 aliphatic carbocycles. The molecule has 1 heterocycles. The van der Waals surface area contributed by atoms with Crippen LogP contribution in [-0.2, 0) is 14.8 Å². The van der Waals surface area contributed by atoms with Gasteiger partial charge >= 0.3 is 0 Å². The molecule has 0 aromatic carbocycles. The standard InChI is InChI=1S/C10H21N3O3S/c1-10(2,12-17(4,15)16)9(14)13(3)8-5-6-11-7-8/h8,11-12H,5-7H2,1-4H3. The van der Waals surface area contributed by atoms with E-state index in [1.54, 1.807) is 25.8 Å². The maximum absolute atomic E-state index is 12.2. The fourth-order valence-corrected chi connectivity index (χ4v) is 3.10. The van der Waals surface area contributed by atoms with Crippen LogP contribution in [0.4, 0.5) is 0 Å². The van der Waals surface area contributed by atoms with Crippen LogP contribution in [0.1, 0.15) is 20.3 Å². The number of amides is 1. The lowest BCUT2D eigenvalue weighted by molar-refractivity contribution is -0.136. The number of nitrogens with one attached hydrogen (secondary N) is 2. The Balaban J connectivity index is 2.73. The Morgan fingerprint density at radius 1 is 1.47 bits per heavy atom. The van der Waals surface area contributed by atoms with Gasteiger partial charge in [-0.1, -0.05) is 0 Å². The molecule has 1 aliphatic heterocycles. The van der Waals surface area contributed by atoms with E-state index < -0.39 is 15.6 Å². The van der Waals surface area contributed by atoms with Crippen LogP contribution in [0.25, 0.3) is 0 Å². The molecule has 17 heavy (non-hydrogen) atoms. The molecule has 100 valence electrons. The van der Waals surface area contributed by atoms with E-state index in [2.05, 4.69) is 10.0 Å². The summed E-state index contributed by atoms with van der Waals surface area (Å²) in [5.41, 5.74) is -1.11. The molecular weight excluding hydrogens is 242 g/mol. The number of sulfonamides is 1. The van der Waals surface area contributed by atoms with Gasteiger partial charge in [-0.05, 0) is 26.8 Å². The molecule has 1 atom stereocenters. The van der Waals surface area contributed by atoms with E-state index in [0.29, 0.717) is 0 Å². The molecule has 7 heteroatoms. The number of hydrogen-bond donors (Lipinski definition) is 2. The second-order valence-corrected chi connectivity index (χ2v) is 6.81. The number of likely N-dealkylation sites (N-methyl/N-ethyl adjacent to an activating group) is 1. The highest BCUT2D eigenvalue weighted by atomic mass is 32.2. The summed E-state index contributed by atoms with van der Waals surface area (Å²) in [5, 5.41) is 3.18. The average Bonchev–Trinajstić information content (AvgIpc) is 2.64. The third-order valence-corrected chi connectivity index (χ3v) is 3.76. The van der Waals surface area contributed by atoms with Gasteiger partial charge in [-0.15, -0.1) is 0 Å². The van der Waals surface area contributed by atoms with Gasteiger partial charge in [0.05, 0.1) is 6.26 Å². The molecule has 1 amide bonds. The molecule has 1 aliphatic rings. The van der Waals surface area contributed by atoms with Gasteiger partial charge in [0, 0.05) is 19.6 Å². The summed E-state index contributed by atoms with van der Waals surface area (Å²) in [6, 6.07) is 0.142. The Labute approximate surface area is 103 Å². The van der Waals surface area contributed by atoms with Gasteiger partial charge in [-0.25, -0.2) is 13.1 Å². The van der Waals surface area contributed by atoms with Crippen LogP contribution < -0.4 is 10.0 Å². The molecule has 0 radical (unpaired) electrons. The number of carbonyl (C=O) groups is 1. The lowest BCUT2D eigenvalue weighted by Gasteiger charge is -2.32. The quantitative estimate of drug-likeness (QED) is 0.691. The third kappa shape index (κ3) is 3.93. The van der Waals surface area contributed by atoms with Crippen LogP contribution in [0, 0.1) is 0 Å². The molecule has 0 saturated carbocycles.